The van der Waals surface area contributed by atoms with Crippen LogP contribution < -0.4 is 4.74 Å². The normalized spacial score (nSPS) is 11.9. The van der Waals surface area contributed by atoms with Gasteiger partial charge in [0.2, 0.25) is 0 Å². The number of nitrogens with zero attached hydrogens (tertiary/aromatic N) is 1. The summed E-state index contributed by atoms with van der Waals surface area (Å²) in [4.78, 5) is 24.2. The molecule has 0 bridgehead atoms. The van der Waals surface area contributed by atoms with Crippen molar-refractivity contribution >= 4 is 11.9 Å². The second kappa shape index (κ2) is 11.2. The lowest BCUT2D eigenvalue weighted by molar-refractivity contribution is -0.168. The van der Waals surface area contributed by atoms with Crippen LogP contribution in [0.1, 0.15) is 23.1 Å². The summed E-state index contributed by atoms with van der Waals surface area (Å²) in [6.07, 6.45) is 2.62. The van der Waals surface area contributed by atoms with Crippen LogP contribution >= 0.6 is 0 Å². The third-order valence-electron chi connectivity index (χ3n) is 4.71. The molecule has 0 heterocycles. The topological polar surface area (TPSA) is 76.1 Å². The summed E-state index contributed by atoms with van der Waals surface area (Å²) in [5, 5.41) is 8.81. The van der Waals surface area contributed by atoms with Gasteiger partial charge in [-0.2, -0.15) is 0 Å². The molecular formula is C23H29NO5. The Morgan fingerprint density at radius 1 is 0.966 bits per heavy atom. The fraction of sp³-hybridized carbons (Fsp3) is 0.391. The van der Waals surface area contributed by atoms with Crippen molar-refractivity contribution in [1.29, 1.82) is 0 Å². The highest BCUT2D eigenvalue weighted by atomic mass is 16.6. The molecule has 6 nitrogen and oxygen atoms in total. The van der Waals surface area contributed by atoms with Gasteiger partial charge in [-0.3, -0.25) is 0 Å². The predicted octanol–water partition coefficient (Wildman–Crippen LogP) is 2.97. The van der Waals surface area contributed by atoms with Gasteiger partial charge in [-0.25, -0.2) is 9.59 Å². The van der Waals surface area contributed by atoms with Crippen LogP contribution in [0.5, 0.6) is 5.75 Å². The quantitative estimate of drug-likeness (QED) is 0.489. The minimum absolute atomic E-state index is 0.469. The van der Waals surface area contributed by atoms with E-state index in [9.17, 15) is 9.59 Å². The standard InChI is InChI=1S/C23H29NO5/c1-24(2)16-21(29-23(27)22(25)26)15-12-19-7-5-4-6-18(19)11-8-17-9-13-20(28-3)14-10-17/h4-7,9-10,13-14,21H,8,11-12,15-16H2,1-3H3,(H,25,26)/t21-/m0/s1. The summed E-state index contributed by atoms with van der Waals surface area (Å²) in [5.74, 6) is -1.92. The van der Waals surface area contributed by atoms with E-state index in [0.29, 0.717) is 19.4 Å². The number of rotatable bonds is 10. The fourth-order valence-electron chi connectivity index (χ4n) is 3.23. The Morgan fingerprint density at radius 2 is 1.59 bits per heavy atom. The van der Waals surface area contributed by atoms with Crippen molar-refractivity contribution in [3.63, 3.8) is 0 Å². The highest BCUT2D eigenvalue weighted by molar-refractivity contribution is 6.28. The van der Waals surface area contributed by atoms with Crippen LogP contribution in [-0.4, -0.2) is 55.8 Å². The van der Waals surface area contributed by atoms with Crippen LogP contribution in [0.25, 0.3) is 0 Å². The molecule has 0 saturated heterocycles. The first-order chi connectivity index (χ1) is 13.9. The molecule has 0 radical (unpaired) electrons. The van der Waals surface area contributed by atoms with Gasteiger partial charge in [0.1, 0.15) is 11.9 Å². The number of hydrogen-bond donors (Lipinski definition) is 1. The molecule has 0 aliphatic heterocycles. The number of likely N-dealkylation sites (N-methyl/N-ethyl adjacent to an activating group) is 1. The zero-order chi connectivity index (χ0) is 21.2. The van der Waals surface area contributed by atoms with E-state index in [0.717, 1.165) is 18.6 Å². The molecule has 2 aromatic carbocycles. The number of methoxy groups -OCH3 is 1. The van der Waals surface area contributed by atoms with E-state index in [-0.39, 0.29) is 0 Å². The van der Waals surface area contributed by atoms with E-state index in [1.165, 1.54) is 16.7 Å². The van der Waals surface area contributed by atoms with E-state index >= 15 is 0 Å². The Kier molecular flexibility index (Phi) is 8.68. The van der Waals surface area contributed by atoms with Gasteiger partial charge in [0.05, 0.1) is 7.11 Å². The number of carbonyl (C=O) groups excluding carboxylic acids is 1. The molecule has 156 valence electrons. The number of aryl methyl sites for hydroxylation is 3. The molecular weight excluding hydrogens is 370 g/mol. The van der Waals surface area contributed by atoms with Gasteiger partial charge in [0.25, 0.3) is 0 Å². The second-order valence-electron chi connectivity index (χ2n) is 7.25. The summed E-state index contributed by atoms with van der Waals surface area (Å²) in [6, 6.07) is 16.3. The van der Waals surface area contributed by atoms with Crippen LogP contribution in [0.3, 0.4) is 0 Å². The molecule has 0 unspecified atom stereocenters. The Hall–Kier alpha value is -2.86. The van der Waals surface area contributed by atoms with Crippen molar-refractivity contribution in [3.05, 3.63) is 65.2 Å². The van der Waals surface area contributed by atoms with Crippen LogP contribution in [-0.2, 0) is 33.6 Å². The van der Waals surface area contributed by atoms with E-state index in [1.54, 1.807) is 7.11 Å². The van der Waals surface area contributed by atoms with E-state index in [2.05, 4.69) is 24.3 Å². The van der Waals surface area contributed by atoms with Gasteiger partial charge >= 0.3 is 11.9 Å². The molecule has 2 aromatic rings. The van der Waals surface area contributed by atoms with Crippen LogP contribution in [0, 0.1) is 0 Å². The summed E-state index contributed by atoms with van der Waals surface area (Å²) in [7, 11) is 5.39. The molecule has 6 heteroatoms. The fourth-order valence-corrected chi connectivity index (χ4v) is 3.23. The summed E-state index contributed by atoms with van der Waals surface area (Å²) >= 11 is 0. The lowest BCUT2D eigenvalue weighted by Crippen LogP contribution is -2.33. The van der Waals surface area contributed by atoms with Gasteiger partial charge in [-0.15, -0.1) is 0 Å². The summed E-state index contributed by atoms with van der Waals surface area (Å²) in [5.41, 5.74) is 3.68. The molecule has 0 saturated carbocycles. The minimum Gasteiger partial charge on any atom is -0.497 e. The van der Waals surface area contributed by atoms with Crippen molar-refractivity contribution in [3.8, 4) is 5.75 Å². The van der Waals surface area contributed by atoms with Crippen molar-refractivity contribution in [2.24, 2.45) is 0 Å². The zero-order valence-corrected chi connectivity index (χ0v) is 17.3. The second-order valence-corrected chi connectivity index (χ2v) is 7.25. The number of hydrogen-bond acceptors (Lipinski definition) is 5. The van der Waals surface area contributed by atoms with Crippen molar-refractivity contribution < 1.29 is 24.2 Å². The Labute approximate surface area is 172 Å². The van der Waals surface area contributed by atoms with Gasteiger partial charge in [-0.05, 0) is 68.6 Å². The maximum atomic E-state index is 11.5. The van der Waals surface area contributed by atoms with Crippen molar-refractivity contribution in [1.82, 2.24) is 4.90 Å². The average Bonchev–Trinajstić information content (AvgIpc) is 2.71. The predicted molar refractivity (Wildman–Crippen MR) is 111 cm³/mol. The molecule has 0 aromatic heterocycles. The number of benzene rings is 2. The smallest absolute Gasteiger partial charge is 0.417 e. The number of carbonyl (C=O) groups is 2. The van der Waals surface area contributed by atoms with Gasteiger partial charge < -0.3 is 19.5 Å². The summed E-state index contributed by atoms with van der Waals surface area (Å²) < 4.78 is 10.3. The Balaban J connectivity index is 2.00. The third-order valence-corrected chi connectivity index (χ3v) is 4.71. The maximum absolute atomic E-state index is 11.5. The number of ether oxygens (including phenoxy) is 2. The first-order valence-electron chi connectivity index (χ1n) is 9.67. The van der Waals surface area contributed by atoms with E-state index < -0.39 is 18.0 Å². The van der Waals surface area contributed by atoms with Crippen LogP contribution in [0.2, 0.25) is 0 Å². The van der Waals surface area contributed by atoms with E-state index in [1.807, 2.05) is 43.3 Å². The van der Waals surface area contributed by atoms with Gasteiger partial charge in [0, 0.05) is 6.54 Å². The monoisotopic (exact) mass is 399 g/mol. The molecule has 0 amide bonds. The van der Waals surface area contributed by atoms with Crippen LogP contribution in [0.15, 0.2) is 48.5 Å². The summed E-state index contributed by atoms with van der Waals surface area (Å²) in [6.45, 7) is 0.479. The molecule has 29 heavy (non-hydrogen) atoms. The number of carboxylic acid groups (broad SMARTS) is 1. The molecule has 0 aliphatic carbocycles. The Morgan fingerprint density at radius 3 is 2.14 bits per heavy atom. The molecule has 0 aliphatic rings. The minimum atomic E-state index is -1.56. The number of carboxylic acids is 1. The first kappa shape index (κ1) is 22.4. The molecule has 0 spiro atoms. The zero-order valence-electron chi connectivity index (χ0n) is 17.3. The maximum Gasteiger partial charge on any atom is 0.417 e. The number of aliphatic carboxylic acids is 1. The molecule has 1 N–H and O–H groups in total. The third kappa shape index (κ3) is 7.58. The van der Waals surface area contributed by atoms with E-state index in [4.69, 9.17) is 14.6 Å². The lowest BCUT2D eigenvalue weighted by Gasteiger charge is -2.21. The molecule has 1 atom stereocenters. The van der Waals surface area contributed by atoms with Crippen molar-refractivity contribution in [2.75, 3.05) is 27.7 Å². The first-order valence-corrected chi connectivity index (χ1v) is 9.67. The van der Waals surface area contributed by atoms with Crippen molar-refractivity contribution in [2.45, 2.75) is 31.8 Å². The molecule has 0 fully saturated rings. The highest BCUT2D eigenvalue weighted by Gasteiger charge is 2.21. The molecule has 2 rings (SSSR count). The largest absolute Gasteiger partial charge is 0.497 e. The van der Waals surface area contributed by atoms with Crippen LogP contribution in [0.4, 0.5) is 0 Å². The number of esters is 1. The average molecular weight is 399 g/mol. The van der Waals surface area contributed by atoms with Gasteiger partial charge in [-0.1, -0.05) is 36.4 Å². The lowest BCUT2D eigenvalue weighted by atomic mass is 9.96. The SMILES string of the molecule is COc1ccc(CCc2ccccc2CC[C@@H](CN(C)C)OC(=O)C(=O)O)cc1. The van der Waals surface area contributed by atoms with Gasteiger partial charge in [0.15, 0.2) is 0 Å². The Bertz CT molecular complexity index is 801. The highest BCUT2D eigenvalue weighted by Crippen LogP contribution is 2.18.